The highest BCUT2D eigenvalue weighted by atomic mass is 127. The topological polar surface area (TPSA) is 80.7 Å². The van der Waals surface area contributed by atoms with Gasteiger partial charge in [0.05, 0.1) is 10.5 Å². The zero-order chi connectivity index (χ0) is 20.5. The van der Waals surface area contributed by atoms with Gasteiger partial charge in [-0.25, -0.2) is 4.79 Å². The number of carbonyl (C=O) groups excluding carboxylic acids is 1. The van der Waals surface area contributed by atoms with Gasteiger partial charge in [-0.3, -0.25) is 4.55 Å². The smallest absolute Gasteiger partial charge is 0.345 e. The number of rotatable bonds is 4. The van der Waals surface area contributed by atoms with Gasteiger partial charge in [-0.15, -0.1) is 0 Å². The first-order chi connectivity index (χ1) is 13.2. The molecule has 0 radical (unpaired) electrons. The summed E-state index contributed by atoms with van der Waals surface area (Å²) in [7, 11) is -4.34. The van der Waals surface area contributed by atoms with Crippen LogP contribution in [0, 0.1) is 10.7 Å². The normalized spacial score (nSPS) is 15.4. The van der Waals surface area contributed by atoms with Gasteiger partial charge in [0.15, 0.2) is 0 Å². The summed E-state index contributed by atoms with van der Waals surface area (Å²) in [5.74, 6) is -0.174. The van der Waals surface area contributed by atoms with Crippen LogP contribution in [0.4, 0.5) is 0 Å². The second-order valence-corrected chi connectivity index (χ2v) is 11.4. The fourth-order valence-corrected chi connectivity index (χ4v) is 6.52. The van der Waals surface area contributed by atoms with E-state index in [2.05, 4.69) is 67.8 Å². The molecule has 9 heteroatoms. The van der Waals surface area contributed by atoms with Crippen molar-refractivity contribution in [3.8, 4) is 5.75 Å². The fourth-order valence-electron chi connectivity index (χ4n) is 3.43. The number of ether oxygens (including phenoxy) is 1. The van der Waals surface area contributed by atoms with Crippen molar-refractivity contribution in [1.29, 1.82) is 0 Å². The van der Waals surface area contributed by atoms with Gasteiger partial charge in [0.25, 0.3) is 10.1 Å². The first-order valence-electron chi connectivity index (χ1n) is 8.65. The van der Waals surface area contributed by atoms with E-state index in [4.69, 9.17) is 4.74 Å². The molecule has 0 atom stereocenters. The Hall–Kier alpha value is 0.0100. The maximum Gasteiger partial charge on any atom is 0.345 e. The third-order valence-corrected chi connectivity index (χ3v) is 9.64. The maximum absolute atomic E-state index is 12.8. The Morgan fingerprint density at radius 2 is 1.64 bits per heavy atom. The van der Waals surface area contributed by atoms with Crippen LogP contribution in [0.1, 0.15) is 53.9 Å². The Labute approximate surface area is 205 Å². The van der Waals surface area contributed by atoms with Crippen LogP contribution in [0.5, 0.6) is 5.75 Å². The highest BCUT2D eigenvalue weighted by Crippen LogP contribution is 2.38. The standard InChI is InChI=1S/C19H17I3O5S/c20-14-7-8-15(21)18(22)17(14)19(23)27-12-6-9-16(28(24,25)26)13(10-12)11-4-2-1-3-5-11/h6-11H,1-5H2,(H,24,25,26). The van der Waals surface area contributed by atoms with Crippen LogP contribution in [0.3, 0.4) is 0 Å². The van der Waals surface area contributed by atoms with Crippen molar-refractivity contribution in [3.05, 3.63) is 52.2 Å². The summed E-state index contributed by atoms with van der Waals surface area (Å²) in [6, 6.07) is 8.12. The molecule has 1 fully saturated rings. The molecule has 0 amide bonds. The quantitative estimate of drug-likeness (QED) is 0.137. The van der Waals surface area contributed by atoms with Crippen LogP contribution in [0.15, 0.2) is 35.2 Å². The minimum absolute atomic E-state index is 0.0299. The van der Waals surface area contributed by atoms with E-state index in [1.54, 1.807) is 6.07 Å². The zero-order valence-corrected chi connectivity index (χ0v) is 21.9. The Morgan fingerprint density at radius 3 is 2.29 bits per heavy atom. The number of esters is 1. The predicted octanol–water partition coefficient (Wildman–Crippen LogP) is 6.01. The summed E-state index contributed by atoms with van der Waals surface area (Å²) >= 11 is 6.38. The maximum atomic E-state index is 12.8. The third-order valence-electron chi connectivity index (χ3n) is 4.76. The van der Waals surface area contributed by atoms with Gasteiger partial charge in [0, 0.05) is 10.7 Å². The minimum Gasteiger partial charge on any atom is -0.423 e. The summed E-state index contributed by atoms with van der Waals surface area (Å²) in [6.45, 7) is 0. The second kappa shape index (κ2) is 9.43. The summed E-state index contributed by atoms with van der Waals surface area (Å²) in [4.78, 5) is 12.7. The molecule has 0 unspecified atom stereocenters. The van der Waals surface area contributed by atoms with E-state index in [1.807, 2.05) is 12.1 Å². The molecule has 3 rings (SSSR count). The Bertz CT molecular complexity index is 1010. The molecule has 2 aromatic carbocycles. The van der Waals surface area contributed by atoms with Crippen molar-refractivity contribution in [1.82, 2.24) is 0 Å². The van der Waals surface area contributed by atoms with Crippen molar-refractivity contribution < 1.29 is 22.5 Å². The van der Waals surface area contributed by atoms with Gasteiger partial charge in [-0.1, -0.05) is 19.3 Å². The molecule has 0 aromatic heterocycles. The molecule has 0 spiro atoms. The van der Waals surface area contributed by atoms with E-state index in [0.29, 0.717) is 11.1 Å². The summed E-state index contributed by atoms with van der Waals surface area (Å²) in [5, 5.41) is 0. The first-order valence-corrected chi connectivity index (χ1v) is 13.3. The number of benzene rings is 2. The predicted molar refractivity (Wildman–Crippen MR) is 132 cm³/mol. The lowest BCUT2D eigenvalue weighted by Crippen LogP contribution is -2.15. The highest BCUT2D eigenvalue weighted by Gasteiger charge is 2.25. The third kappa shape index (κ3) is 5.19. The molecule has 0 aliphatic heterocycles. The molecule has 0 bridgehead atoms. The van der Waals surface area contributed by atoms with Crippen LogP contribution < -0.4 is 4.74 Å². The molecular formula is C19H17I3O5S. The summed E-state index contributed by atoms with van der Waals surface area (Å²) in [6.07, 6.45) is 4.85. The lowest BCUT2D eigenvalue weighted by molar-refractivity contribution is 0.0732. The molecule has 0 heterocycles. The van der Waals surface area contributed by atoms with Gasteiger partial charge < -0.3 is 4.74 Å². The van der Waals surface area contributed by atoms with E-state index in [-0.39, 0.29) is 16.6 Å². The first kappa shape index (κ1) is 22.7. The Kier molecular flexibility index (Phi) is 7.64. The SMILES string of the molecule is O=C(Oc1ccc(S(=O)(=O)O)c(C2CCCCC2)c1)c1c(I)ccc(I)c1I. The fraction of sp³-hybridized carbons (Fsp3) is 0.316. The van der Waals surface area contributed by atoms with E-state index in [1.165, 1.54) is 12.1 Å². The average Bonchev–Trinajstić information content (AvgIpc) is 2.65. The molecule has 1 saturated carbocycles. The number of hydrogen-bond donors (Lipinski definition) is 1. The lowest BCUT2D eigenvalue weighted by atomic mass is 9.84. The van der Waals surface area contributed by atoms with Gasteiger partial charge in [0.1, 0.15) is 5.75 Å². The van der Waals surface area contributed by atoms with Gasteiger partial charge in [0.2, 0.25) is 0 Å². The number of hydrogen-bond acceptors (Lipinski definition) is 4. The van der Waals surface area contributed by atoms with Crippen LogP contribution in [0.25, 0.3) is 0 Å². The van der Waals surface area contributed by atoms with Crippen LogP contribution in [-0.2, 0) is 10.1 Å². The largest absolute Gasteiger partial charge is 0.423 e. The number of halogens is 3. The monoisotopic (exact) mass is 738 g/mol. The van der Waals surface area contributed by atoms with E-state index in [0.717, 1.165) is 42.8 Å². The van der Waals surface area contributed by atoms with Crippen LogP contribution in [-0.4, -0.2) is 18.9 Å². The zero-order valence-electron chi connectivity index (χ0n) is 14.6. The molecule has 1 N–H and O–H groups in total. The molecule has 0 saturated heterocycles. The second-order valence-electron chi connectivity index (χ2n) is 6.62. The molecule has 1 aliphatic rings. The van der Waals surface area contributed by atoms with Crippen LogP contribution in [0.2, 0.25) is 0 Å². The Morgan fingerprint density at radius 1 is 1.00 bits per heavy atom. The van der Waals surface area contributed by atoms with Gasteiger partial charge in [-0.2, -0.15) is 8.42 Å². The van der Waals surface area contributed by atoms with Gasteiger partial charge >= 0.3 is 5.97 Å². The highest BCUT2D eigenvalue weighted by molar-refractivity contribution is 14.1. The molecule has 5 nitrogen and oxygen atoms in total. The molecule has 2 aromatic rings. The molecule has 1 aliphatic carbocycles. The van der Waals surface area contributed by atoms with E-state index >= 15 is 0 Å². The summed E-state index contributed by atoms with van der Waals surface area (Å²) < 4.78 is 41.4. The van der Waals surface area contributed by atoms with Crippen molar-refractivity contribution in [2.24, 2.45) is 0 Å². The van der Waals surface area contributed by atoms with Gasteiger partial charge in [-0.05, 0) is 122 Å². The van der Waals surface area contributed by atoms with Crippen molar-refractivity contribution in [3.63, 3.8) is 0 Å². The van der Waals surface area contributed by atoms with E-state index in [9.17, 15) is 17.8 Å². The number of carbonyl (C=O) groups is 1. The molecule has 28 heavy (non-hydrogen) atoms. The van der Waals surface area contributed by atoms with Crippen molar-refractivity contribution in [2.75, 3.05) is 0 Å². The van der Waals surface area contributed by atoms with Crippen molar-refractivity contribution >= 4 is 83.9 Å². The van der Waals surface area contributed by atoms with Crippen molar-refractivity contribution in [2.45, 2.75) is 42.9 Å². The van der Waals surface area contributed by atoms with Crippen LogP contribution >= 0.6 is 67.8 Å². The lowest BCUT2D eigenvalue weighted by Gasteiger charge is -2.24. The molecular weight excluding hydrogens is 721 g/mol. The molecule has 150 valence electrons. The van der Waals surface area contributed by atoms with E-state index < -0.39 is 16.1 Å². The minimum atomic E-state index is -4.34. The Balaban J connectivity index is 1.97. The average molecular weight is 738 g/mol. The summed E-state index contributed by atoms with van der Waals surface area (Å²) in [5.41, 5.74) is 1.02.